The standard InChI is InChI=1S/C20H21N7O6/c1-30-13-3-5-15(16(11-13)27(28)29)17-6-4-14(33-17)12-21-25-18-22-19(24-20(23-18)31-2)26-7-9-32-10-8-26/h3-6,11-12H,7-10H2,1-2H3,(H,22,23,24,25)/b21-12-. The number of anilines is 2. The highest BCUT2D eigenvalue weighted by Gasteiger charge is 2.19. The molecule has 0 radical (unpaired) electrons. The van der Waals surface area contributed by atoms with E-state index in [-0.39, 0.29) is 17.6 Å². The summed E-state index contributed by atoms with van der Waals surface area (Å²) in [6.07, 6.45) is 1.41. The Kier molecular flexibility index (Phi) is 6.59. The van der Waals surface area contributed by atoms with Gasteiger partial charge in [0.25, 0.3) is 11.6 Å². The van der Waals surface area contributed by atoms with Crippen molar-refractivity contribution < 1.29 is 23.6 Å². The fraction of sp³-hybridized carbons (Fsp3) is 0.300. The second-order valence-electron chi connectivity index (χ2n) is 6.76. The number of nitro benzene ring substituents is 1. The lowest BCUT2D eigenvalue weighted by Gasteiger charge is -2.26. The molecule has 2 aromatic heterocycles. The summed E-state index contributed by atoms with van der Waals surface area (Å²) in [4.78, 5) is 25.7. The Morgan fingerprint density at radius 3 is 2.70 bits per heavy atom. The van der Waals surface area contributed by atoms with Crippen LogP contribution < -0.4 is 19.8 Å². The number of hydrogen-bond donors (Lipinski definition) is 1. The van der Waals surface area contributed by atoms with E-state index in [9.17, 15) is 10.1 Å². The highest BCUT2D eigenvalue weighted by atomic mass is 16.6. The number of nitrogens with zero attached hydrogens (tertiary/aromatic N) is 6. The maximum absolute atomic E-state index is 11.4. The molecule has 33 heavy (non-hydrogen) atoms. The van der Waals surface area contributed by atoms with Crippen molar-refractivity contribution in [3.63, 3.8) is 0 Å². The lowest BCUT2D eigenvalue weighted by Crippen LogP contribution is -2.37. The Bertz CT molecular complexity index is 1160. The van der Waals surface area contributed by atoms with Crippen molar-refractivity contribution in [2.24, 2.45) is 5.10 Å². The second-order valence-corrected chi connectivity index (χ2v) is 6.76. The summed E-state index contributed by atoms with van der Waals surface area (Å²) in [6, 6.07) is 7.95. The van der Waals surface area contributed by atoms with Gasteiger partial charge in [0.05, 0.1) is 50.2 Å². The molecule has 0 spiro atoms. The molecule has 4 rings (SSSR count). The molecule has 0 amide bonds. The normalized spacial score (nSPS) is 13.8. The third-order valence-electron chi connectivity index (χ3n) is 4.73. The molecule has 1 aliphatic rings. The van der Waals surface area contributed by atoms with Crippen molar-refractivity contribution in [1.29, 1.82) is 0 Å². The minimum atomic E-state index is -0.490. The molecule has 13 heteroatoms. The lowest BCUT2D eigenvalue weighted by molar-refractivity contribution is -0.384. The summed E-state index contributed by atoms with van der Waals surface area (Å²) in [5, 5.41) is 15.5. The van der Waals surface area contributed by atoms with Crippen LogP contribution in [0.4, 0.5) is 17.6 Å². The van der Waals surface area contributed by atoms with Gasteiger partial charge in [0.1, 0.15) is 17.3 Å². The van der Waals surface area contributed by atoms with Gasteiger partial charge >= 0.3 is 6.01 Å². The highest BCUT2D eigenvalue weighted by molar-refractivity contribution is 5.79. The van der Waals surface area contributed by atoms with Crippen LogP contribution in [0, 0.1) is 10.1 Å². The van der Waals surface area contributed by atoms with E-state index in [4.69, 9.17) is 18.6 Å². The molecule has 1 N–H and O–H groups in total. The number of morpholine rings is 1. The van der Waals surface area contributed by atoms with E-state index >= 15 is 0 Å². The van der Waals surface area contributed by atoms with E-state index in [0.29, 0.717) is 55.1 Å². The van der Waals surface area contributed by atoms with Gasteiger partial charge in [-0.3, -0.25) is 10.1 Å². The number of furan rings is 1. The van der Waals surface area contributed by atoms with Crippen molar-refractivity contribution in [2.45, 2.75) is 0 Å². The number of benzene rings is 1. The van der Waals surface area contributed by atoms with E-state index in [2.05, 4.69) is 25.5 Å². The molecule has 1 aliphatic heterocycles. The van der Waals surface area contributed by atoms with Gasteiger partial charge in [-0.25, -0.2) is 5.43 Å². The first-order chi connectivity index (χ1) is 16.1. The number of aromatic nitrogens is 3. The summed E-state index contributed by atoms with van der Waals surface area (Å²) in [7, 11) is 2.91. The molecule has 0 bridgehead atoms. The first-order valence-electron chi connectivity index (χ1n) is 9.92. The third-order valence-corrected chi connectivity index (χ3v) is 4.73. The smallest absolute Gasteiger partial charge is 0.322 e. The summed E-state index contributed by atoms with van der Waals surface area (Å²) in [6.45, 7) is 2.48. The molecule has 172 valence electrons. The Morgan fingerprint density at radius 1 is 1.15 bits per heavy atom. The van der Waals surface area contributed by atoms with Crippen LogP contribution in [0.2, 0.25) is 0 Å². The molecule has 1 aromatic carbocycles. The van der Waals surface area contributed by atoms with Crippen LogP contribution in [0.3, 0.4) is 0 Å². The Balaban J connectivity index is 1.50. The summed E-state index contributed by atoms with van der Waals surface area (Å²) in [5.41, 5.74) is 2.92. The maximum atomic E-state index is 11.4. The van der Waals surface area contributed by atoms with E-state index in [1.54, 1.807) is 24.3 Å². The number of nitrogens with one attached hydrogen (secondary N) is 1. The third kappa shape index (κ3) is 5.15. The lowest BCUT2D eigenvalue weighted by atomic mass is 10.1. The predicted molar refractivity (Wildman–Crippen MR) is 118 cm³/mol. The van der Waals surface area contributed by atoms with Crippen LogP contribution in [-0.4, -0.2) is 66.6 Å². The monoisotopic (exact) mass is 455 g/mol. The number of hydrazone groups is 1. The summed E-state index contributed by atoms with van der Waals surface area (Å²) >= 11 is 0. The number of hydrogen-bond acceptors (Lipinski definition) is 12. The van der Waals surface area contributed by atoms with Gasteiger partial charge in [-0.15, -0.1) is 0 Å². The minimum absolute atomic E-state index is 0.127. The average molecular weight is 455 g/mol. The first-order valence-corrected chi connectivity index (χ1v) is 9.92. The van der Waals surface area contributed by atoms with Gasteiger partial charge in [0.2, 0.25) is 5.95 Å². The topological polar surface area (TPSA) is 150 Å². The van der Waals surface area contributed by atoms with E-state index in [1.165, 1.54) is 26.5 Å². The zero-order chi connectivity index (χ0) is 23.2. The van der Waals surface area contributed by atoms with Gasteiger partial charge in [0, 0.05) is 13.1 Å². The van der Waals surface area contributed by atoms with Crippen LogP contribution in [0.25, 0.3) is 11.3 Å². The zero-order valence-electron chi connectivity index (χ0n) is 17.9. The second kappa shape index (κ2) is 9.91. The quantitative estimate of drug-likeness (QED) is 0.303. The van der Waals surface area contributed by atoms with Crippen molar-refractivity contribution in [2.75, 3.05) is 50.8 Å². The molecule has 1 fully saturated rings. The molecular formula is C20H21N7O6. The van der Waals surface area contributed by atoms with Crippen LogP contribution in [0.1, 0.15) is 5.76 Å². The molecule has 13 nitrogen and oxygen atoms in total. The van der Waals surface area contributed by atoms with E-state index in [1.807, 2.05) is 4.90 Å². The average Bonchev–Trinajstić information content (AvgIpc) is 3.32. The van der Waals surface area contributed by atoms with E-state index in [0.717, 1.165) is 0 Å². The van der Waals surface area contributed by atoms with Crippen molar-refractivity contribution in [3.8, 4) is 23.1 Å². The maximum Gasteiger partial charge on any atom is 0.322 e. The number of rotatable bonds is 8. The van der Waals surface area contributed by atoms with Gasteiger partial charge in [-0.2, -0.15) is 20.1 Å². The summed E-state index contributed by atoms with van der Waals surface area (Å²) < 4.78 is 21.3. The van der Waals surface area contributed by atoms with Gasteiger partial charge < -0.3 is 23.5 Å². The molecule has 0 saturated carbocycles. The van der Waals surface area contributed by atoms with Crippen LogP contribution in [0.5, 0.6) is 11.8 Å². The molecule has 3 heterocycles. The van der Waals surface area contributed by atoms with Gasteiger partial charge in [-0.1, -0.05) is 0 Å². The SMILES string of the molecule is COc1ccc(-c2ccc(/C=N\Nc3nc(OC)nc(N4CCOCC4)n3)o2)c([N+](=O)[O-])c1. The molecular weight excluding hydrogens is 434 g/mol. The van der Waals surface area contributed by atoms with Crippen molar-refractivity contribution in [1.82, 2.24) is 15.0 Å². The molecule has 0 unspecified atom stereocenters. The van der Waals surface area contributed by atoms with Crippen molar-refractivity contribution in [3.05, 3.63) is 46.2 Å². The number of ether oxygens (including phenoxy) is 3. The van der Waals surface area contributed by atoms with Crippen molar-refractivity contribution >= 4 is 23.8 Å². The fourth-order valence-electron chi connectivity index (χ4n) is 3.11. The highest BCUT2D eigenvalue weighted by Crippen LogP contribution is 2.33. The molecule has 0 aliphatic carbocycles. The molecule has 1 saturated heterocycles. The van der Waals surface area contributed by atoms with Gasteiger partial charge in [-0.05, 0) is 24.3 Å². The van der Waals surface area contributed by atoms with E-state index < -0.39 is 4.92 Å². The number of methoxy groups -OCH3 is 2. The largest absolute Gasteiger partial charge is 0.497 e. The minimum Gasteiger partial charge on any atom is -0.497 e. The molecule has 3 aromatic rings. The van der Waals surface area contributed by atoms with Gasteiger partial charge in [0.15, 0.2) is 0 Å². The number of nitro groups is 1. The fourth-order valence-corrected chi connectivity index (χ4v) is 3.11. The Hall–Kier alpha value is -4.26. The Morgan fingerprint density at radius 2 is 1.97 bits per heavy atom. The zero-order valence-corrected chi connectivity index (χ0v) is 17.9. The van der Waals surface area contributed by atoms with Crippen LogP contribution >= 0.6 is 0 Å². The first kappa shape index (κ1) is 22.0. The Labute approximate surface area is 188 Å². The molecule has 0 atom stereocenters. The summed E-state index contributed by atoms with van der Waals surface area (Å²) in [5.74, 6) is 1.72. The van der Waals surface area contributed by atoms with Crippen LogP contribution in [-0.2, 0) is 4.74 Å². The predicted octanol–water partition coefficient (Wildman–Crippen LogP) is 2.34. The van der Waals surface area contributed by atoms with Crippen LogP contribution in [0.15, 0.2) is 39.9 Å².